The van der Waals surface area contributed by atoms with Gasteiger partial charge in [0.15, 0.2) is 5.13 Å². The van der Waals surface area contributed by atoms with E-state index >= 15 is 0 Å². The van der Waals surface area contributed by atoms with Gasteiger partial charge in [0.1, 0.15) is 0 Å². The van der Waals surface area contributed by atoms with Crippen molar-refractivity contribution >= 4 is 22.5 Å². The lowest BCUT2D eigenvalue weighted by Crippen LogP contribution is -2.33. The number of aryl methyl sites for hydroxylation is 1. The maximum absolute atomic E-state index is 12.2. The molecule has 98 valence electrons. The molecule has 0 aliphatic heterocycles. The third kappa shape index (κ3) is 2.33. The largest absolute Gasteiger partial charge is 0.323 e. The minimum atomic E-state index is -0.100. The first-order chi connectivity index (χ1) is 9.25. The molecular formula is C14H15N3OS. The summed E-state index contributed by atoms with van der Waals surface area (Å²) in [4.78, 5) is 18.0. The van der Waals surface area contributed by atoms with Gasteiger partial charge in [-0.3, -0.25) is 5.32 Å². The van der Waals surface area contributed by atoms with Crippen molar-refractivity contribution in [3.63, 3.8) is 0 Å². The Kier molecular flexibility index (Phi) is 3.21. The summed E-state index contributed by atoms with van der Waals surface area (Å²) in [5.74, 6) is 0. The lowest BCUT2D eigenvalue weighted by molar-refractivity contribution is 0.204. The Labute approximate surface area is 116 Å². The number of carbonyl (C=O) groups is 1. The summed E-state index contributed by atoms with van der Waals surface area (Å²) < 4.78 is 0. The van der Waals surface area contributed by atoms with Crippen LogP contribution in [0.4, 0.5) is 9.93 Å². The molecule has 0 bridgehead atoms. The maximum atomic E-state index is 12.2. The molecule has 1 aromatic carbocycles. The Hall–Kier alpha value is -1.88. The second kappa shape index (κ2) is 5.01. The van der Waals surface area contributed by atoms with Crippen molar-refractivity contribution in [2.45, 2.75) is 18.9 Å². The quantitative estimate of drug-likeness (QED) is 0.912. The van der Waals surface area contributed by atoms with Crippen LogP contribution in [0.1, 0.15) is 23.6 Å². The molecule has 1 heterocycles. The first-order valence-corrected chi connectivity index (χ1v) is 7.15. The number of anilines is 1. The first-order valence-electron chi connectivity index (χ1n) is 6.27. The van der Waals surface area contributed by atoms with Gasteiger partial charge in [-0.25, -0.2) is 9.78 Å². The second-order valence-corrected chi connectivity index (χ2v) is 5.53. The molecule has 3 rings (SSSR count). The normalized spacial score (nSPS) is 17.0. The topological polar surface area (TPSA) is 45.2 Å². The Morgan fingerprint density at radius 2 is 2.32 bits per heavy atom. The Balaban J connectivity index is 1.74. The number of benzene rings is 1. The fourth-order valence-corrected chi connectivity index (χ4v) is 3.06. The van der Waals surface area contributed by atoms with E-state index in [9.17, 15) is 4.79 Å². The van der Waals surface area contributed by atoms with Gasteiger partial charge in [-0.05, 0) is 24.0 Å². The summed E-state index contributed by atoms with van der Waals surface area (Å²) >= 11 is 1.43. The zero-order valence-electron chi connectivity index (χ0n) is 10.7. The summed E-state index contributed by atoms with van der Waals surface area (Å²) in [6, 6.07) is 8.40. The number of urea groups is 1. The van der Waals surface area contributed by atoms with Gasteiger partial charge in [0.25, 0.3) is 0 Å². The van der Waals surface area contributed by atoms with E-state index in [0.29, 0.717) is 5.13 Å². The molecule has 1 aromatic heterocycles. The average Bonchev–Trinajstić information content (AvgIpc) is 3.06. The van der Waals surface area contributed by atoms with Gasteiger partial charge in [0.05, 0.1) is 6.04 Å². The molecule has 2 aromatic rings. The molecular weight excluding hydrogens is 258 g/mol. The standard InChI is InChI=1S/C14H15N3OS/c1-17(14(18)16-13-15-8-9-19-13)12-7-6-10-4-2-3-5-11(10)12/h2-5,8-9,12H,6-7H2,1H3,(H,15,16,18). The zero-order valence-corrected chi connectivity index (χ0v) is 11.5. The van der Waals surface area contributed by atoms with Crippen molar-refractivity contribution in [2.24, 2.45) is 0 Å². The van der Waals surface area contributed by atoms with Crippen LogP contribution >= 0.6 is 11.3 Å². The number of carbonyl (C=O) groups excluding carboxylic acids is 1. The summed E-state index contributed by atoms with van der Waals surface area (Å²) in [6.45, 7) is 0. The molecule has 2 amide bonds. The van der Waals surface area contributed by atoms with E-state index in [0.717, 1.165) is 12.8 Å². The number of hydrogen-bond acceptors (Lipinski definition) is 3. The Morgan fingerprint density at radius 3 is 3.11 bits per heavy atom. The van der Waals surface area contributed by atoms with E-state index in [1.807, 2.05) is 18.5 Å². The van der Waals surface area contributed by atoms with Gasteiger partial charge < -0.3 is 4.90 Å². The van der Waals surface area contributed by atoms with Crippen LogP contribution in [0.2, 0.25) is 0 Å². The minimum Gasteiger partial charge on any atom is -0.320 e. The summed E-state index contributed by atoms with van der Waals surface area (Å²) in [7, 11) is 1.84. The van der Waals surface area contributed by atoms with Crippen LogP contribution in [0.15, 0.2) is 35.8 Å². The minimum absolute atomic E-state index is 0.100. The number of rotatable bonds is 2. The molecule has 1 atom stereocenters. The number of nitrogens with zero attached hydrogens (tertiary/aromatic N) is 2. The molecule has 0 fully saturated rings. The van der Waals surface area contributed by atoms with Gasteiger partial charge in [-0.15, -0.1) is 11.3 Å². The second-order valence-electron chi connectivity index (χ2n) is 4.63. The number of hydrogen-bond donors (Lipinski definition) is 1. The predicted molar refractivity (Wildman–Crippen MR) is 76.4 cm³/mol. The van der Waals surface area contributed by atoms with E-state index in [4.69, 9.17) is 0 Å². The van der Waals surface area contributed by atoms with Crippen molar-refractivity contribution in [3.05, 3.63) is 47.0 Å². The van der Waals surface area contributed by atoms with Crippen LogP contribution in [0, 0.1) is 0 Å². The highest BCUT2D eigenvalue weighted by Gasteiger charge is 2.28. The molecule has 4 nitrogen and oxygen atoms in total. The third-order valence-corrected chi connectivity index (χ3v) is 4.22. The molecule has 19 heavy (non-hydrogen) atoms. The van der Waals surface area contributed by atoms with E-state index in [-0.39, 0.29) is 12.1 Å². The van der Waals surface area contributed by atoms with Crippen molar-refractivity contribution in [1.29, 1.82) is 0 Å². The number of fused-ring (bicyclic) bond motifs is 1. The van der Waals surface area contributed by atoms with Crippen molar-refractivity contribution in [3.8, 4) is 0 Å². The third-order valence-electron chi connectivity index (χ3n) is 3.54. The average molecular weight is 273 g/mol. The van der Waals surface area contributed by atoms with Gasteiger partial charge in [-0.1, -0.05) is 24.3 Å². The molecule has 5 heteroatoms. The number of amides is 2. The van der Waals surface area contributed by atoms with E-state index in [2.05, 4.69) is 28.5 Å². The summed E-state index contributed by atoms with van der Waals surface area (Å²) in [5.41, 5.74) is 2.61. The molecule has 0 saturated heterocycles. The first kappa shape index (κ1) is 12.2. The molecule has 0 radical (unpaired) electrons. The number of thiazole rings is 1. The highest BCUT2D eigenvalue weighted by molar-refractivity contribution is 7.13. The van der Waals surface area contributed by atoms with Crippen molar-refractivity contribution in [1.82, 2.24) is 9.88 Å². The van der Waals surface area contributed by atoms with E-state index < -0.39 is 0 Å². The van der Waals surface area contributed by atoms with Gasteiger partial charge in [0, 0.05) is 18.6 Å². The molecule has 0 spiro atoms. The van der Waals surface area contributed by atoms with Crippen LogP contribution in [0.5, 0.6) is 0 Å². The molecule has 1 N–H and O–H groups in total. The molecule has 1 aliphatic rings. The predicted octanol–water partition coefficient (Wildman–Crippen LogP) is 3.29. The van der Waals surface area contributed by atoms with Gasteiger partial charge in [0.2, 0.25) is 0 Å². The molecule has 1 unspecified atom stereocenters. The van der Waals surface area contributed by atoms with Crippen LogP contribution in [0.25, 0.3) is 0 Å². The SMILES string of the molecule is CN(C(=O)Nc1nccs1)C1CCc2ccccc21. The Morgan fingerprint density at radius 1 is 1.47 bits per heavy atom. The zero-order chi connectivity index (χ0) is 13.2. The fourth-order valence-electron chi connectivity index (χ4n) is 2.54. The van der Waals surface area contributed by atoms with Crippen LogP contribution in [-0.2, 0) is 6.42 Å². The van der Waals surface area contributed by atoms with Gasteiger partial charge in [-0.2, -0.15) is 0 Å². The smallest absolute Gasteiger partial charge is 0.320 e. The highest BCUT2D eigenvalue weighted by atomic mass is 32.1. The number of aromatic nitrogens is 1. The van der Waals surface area contributed by atoms with Crippen LogP contribution < -0.4 is 5.32 Å². The summed E-state index contributed by atoms with van der Waals surface area (Å²) in [5, 5.41) is 5.31. The van der Waals surface area contributed by atoms with Crippen LogP contribution in [0.3, 0.4) is 0 Å². The fraction of sp³-hybridized carbons (Fsp3) is 0.286. The highest BCUT2D eigenvalue weighted by Crippen LogP contribution is 2.35. The lowest BCUT2D eigenvalue weighted by Gasteiger charge is -2.25. The maximum Gasteiger partial charge on any atom is 0.323 e. The van der Waals surface area contributed by atoms with E-state index in [1.54, 1.807) is 11.1 Å². The summed E-state index contributed by atoms with van der Waals surface area (Å²) in [6.07, 6.45) is 3.71. The molecule has 1 aliphatic carbocycles. The van der Waals surface area contributed by atoms with Gasteiger partial charge >= 0.3 is 6.03 Å². The van der Waals surface area contributed by atoms with Crippen molar-refractivity contribution in [2.75, 3.05) is 12.4 Å². The Bertz CT molecular complexity index is 582. The molecule has 0 saturated carbocycles. The van der Waals surface area contributed by atoms with Crippen molar-refractivity contribution < 1.29 is 4.79 Å². The van der Waals surface area contributed by atoms with E-state index in [1.165, 1.54) is 22.5 Å². The number of nitrogens with one attached hydrogen (secondary N) is 1. The van der Waals surface area contributed by atoms with Crippen LogP contribution in [-0.4, -0.2) is 23.0 Å². The lowest BCUT2D eigenvalue weighted by atomic mass is 10.1. The monoisotopic (exact) mass is 273 g/mol.